The molecule has 0 N–H and O–H groups in total. The van der Waals surface area contributed by atoms with E-state index in [0.29, 0.717) is 30.6 Å². The molecule has 6 nitrogen and oxygen atoms in total. The smallest absolute Gasteiger partial charge is 0.337 e. The van der Waals surface area contributed by atoms with Crippen LogP contribution in [-0.2, 0) is 12.6 Å². The van der Waals surface area contributed by atoms with Gasteiger partial charge in [0.2, 0.25) is 0 Å². The molecule has 2 heterocycles. The summed E-state index contributed by atoms with van der Waals surface area (Å²) in [6.45, 7) is 4.00. The predicted octanol–water partition coefficient (Wildman–Crippen LogP) is 6.28. The van der Waals surface area contributed by atoms with Crippen LogP contribution in [0.15, 0.2) is 78.9 Å². The van der Waals surface area contributed by atoms with Crippen LogP contribution in [0.5, 0.6) is 0 Å². The zero-order chi connectivity index (χ0) is 30.6. The molecular formula is C34H39F3N4O2. The Morgan fingerprint density at radius 3 is 2.05 bits per heavy atom. The minimum absolute atomic E-state index is 0.0142. The molecule has 3 aromatic rings. The molecule has 2 fully saturated rings. The molecule has 0 aromatic heterocycles. The van der Waals surface area contributed by atoms with Gasteiger partial charge in [0.25, 0.3) is 5.91 Å². The number of carbonyl (C=O) groups is 2. The zero-order valence-corrected chi connectivity index (χ0v) is 24.8. The average molecular weight is 593 g/mol. The summed E-state index contributed by atoms with van der Waals surface area (Å²) in [5.41, 5.74) is 2.54. The number of likely N-dealkylation sites (tertiary alicyclic amines) is 2. The Labute approximate surface area is 251 Å². The Hall–Kier alpha value is -3.85. The van der Waals surface area contributed by atoms with E-state index in [1.54, 1.807) is 36.2 Å². The van der Waals surface area contributed by atoms with E-state index in [0.717, 1.165) is 56.6 Å². The minimum Gasteiger partial charge on any atom is -0.337 e. The number of amides is 3. The van der Waals surface area contributed by atoms with E-state index in [-0.39, 0.29) is 24.0 Å². The van der Waals surface area contributed by atoms with E-state index in [2.05, 4.69) is 29.2 Å². The number of alkyl halides is 3. The molecule has 0 bridgehead atoms. The van der Waals surface area contributed by atoms with Gasteiger partial charge in [-0.05, 0) is 73.2 Å². The quantitative estimate of drug-likeness (QED) is 0.310. The zero-order valence-electron chi connectivity index (χ0n) is 24.8. The van der Waals surface area contributed by atoms with Crippen molar-refractivity contribution in [2.24, 2.45) is 0 Å². The van der Waals surface area contributed by atoms with Gasteiger partial charge in [0, 0.05) is 51.9 Å². The van der Waals surface area contributed by atoms with Crippen molar-refractivity contribution >= 4 is 11.9 Å². The summed E-state index contributed by atoms with van der Waals surface area (Å²) in [6, 6.07) is 22.5. The molecule has 2 saturated heterocycles. The van der Waals surface area contributed by atoms with Crippen LogP contribution in [0.3, 0.4) is 0 Å². The van der Waals surface area contributed by atoms with Gasteiger partial charge < -0.3 is 19.6 Å². The Morgan fingerprint density at radius 1 is 0.791 bits per heavy atom. The van der Waals surface area contributed by atoms with E-state index in [1.165, 1.54) is 17.7 Å². The van der Waals surface area contributed by atoms with Crippen molar-refractivity contribution in [3.63, 3.8) is 0 Å². The number of hydrogen-bond donors (Lipinski definition) is 0. The van der Waals surface area contributed by atoms with E-state index in [1.807, 2.05) is 22.9 Å². The van der Waals surface area contributed by atoms with Gasteiger partial charge in [-0.2, -0.15) is 13.2 Å². The Balaban J connectivity index is 1.09. The van der Waals surface area contributed by atoms with Crippen LogP contribution < -0.4 is 0 Å². The van der Waals surface area contributed by atoms with Crippen LogP contribution in [0.1, 0.15) is 40.7 Å². The predicted molar refractivity (Wildman–Crippen MR) is 162 cm³/mol. The molecule has 0 aliphatic carbocycles. The summed E-state index contributed by atoms with van der Waals surface area (Å²) in [5, 5.41) is 0. The van der Waals surface area contributed by atoms with Crippen LogP contribution in [0.4, 0.5) is 18.0 Å². The Morgan fingerprint density at radius 2 is 1.40 bits per heavy atom. The summed E-state index contributed by atoms with van der Waals surface area (Å²) in [6.07, 6.45) is -0.551. The minimum atomic E-state index is -4.38. The lowest BCUT2D eigenvalue weighted by molar-refractivity contribution is -0.137. The highest BCUT2D eigenvalue weighted by Crippen LogP contribution is 2.31. The standard InChI is InChI=1S/C34H39F3N4O2/c1-38(32(42)28-12-10-26(11-13-28)27-14-16-29(17-15-27)34(35,36)37)31-19-22-41(24-31)33(43)39(2)30-18-21-40(23-30)20-6-9-25-7-4-3-5-8-25/h3-5,7-8,10-17,30-31H,6,9,18-24H2,1-2H3/t30?,31-/m0/s1. The molecular weight excluding hydrogens is 553 g/mol. The van der Waals surface area contributed by atoms with Crippen molar-refractivity contribution in [2.45, 2.75) is 43.9 Å². The van der Waals surface area contributed by atoms with Crippen LogP contribution in [0, 0.1) is 0 Å². The maximum Gasteiger partial charge on any atom is 0.416 e. The second-order valence-electron chi connectivity index (χ2n) is 11.7. The fourth-order valence-corrected chi connectivity index (χ4v) is 6.12. The van der Waals surface area contributed by atoms with Crippen LogP contribution in [0.2, 0.25) is 0 Å². The molecule has 3 amide bonds. The third-order valence-electron chi connectivity index (χ3n) is 8.86. The number of urea groups is 1. The monoisotopic (exact) mass is 592 g/mol. The lowest BCUT2D eigenvalue weighted by Gasteiger charge is -2.30. The molecule has 0 radical (unpaired) electrons. The summed E-state index contributed by atoms with van der Waals surface area (Å²) in [4.78, 5) is 34.5. The molecule has 2 atom stereocenters. The number of carbonyl (C=O) groups excluding carboxylic acids is 2. The van der Waals surface area contributed by atoms with Gasteiger partial charge in [-0.1, -0.05) is 54.6 Å². The van der Waals surface area contributed by atoms with Gasteiger partial charge in [0.05, 0.1) is 11.6 Å². The maximum absolute atomic E-state index is 13.4. The molecule has 3 aromatic carbocycles. The largest absolute Gasteiger partial charge is 0.416 e. The number of halogens is 3. The normalized spacial score (nSPS) is 19.0. The van der Waals surface area contributed by atoms with Crippen molar-refractivity contribution in [1.82, 2.24) is 19.6 Å². The SMILES string of the molecule is CN(C(=O)N1CC[C@H](N(C)C(=O)c2ccc(-c3ccc(C(F)(F)F)cc3)cc2)C1)C1CCN(CCCc2ccccc2)C1. The van der Waals surface area contributed by atoms with E-state index >= 15 is 0 Å². The summed E-state index contributed by atoms with van der Waals surface area (Å²) in [5.74, 6) is -0.145. The number of likely N-dealkylation sites (N-methyl/N-ethyl adjacent to an activating group) is 2. The van der Waals surface area contributed by atoms with Gasteiger partial charge in [-0.15, -0.1) is 0 Å². The fourth-order valence-electron chi connectivity index (χ4n) is 6.12. The summed E-state index contributed by atoms with van der Waals surface area (Å²) < 4.78 is 38.6. The van der Waals surface area contributed by atoms with Gasteiger partial charge >= 0.3 is 12.2 Å². The first-order valence-electron chi connectivity index (χ1n) is 14.9. The topological polar surface area (TPSA) is 47.1 Å². The number of hydrogen-bond acceptors (Lipinski definition) is 3. The highest BCUT2D eigenvalue weighted by molar-refractivity contribution is 5.95. The van der Waals surface area contributed by atoms with Gasteiger partial charge in [0.1, 0.15) is 0 Å². The second kappa shape index (κ2) is 13.2. The van der Waals surface area contributed by atoms with Crippen molar-refractivity contribution in [3.8, 4) is 11.1 Å². The Kier molecular flexibility index (Phi) is 9.40. The molecule has 2 aliphatic rings. The maximum atomic E-state index is 13.4. The molecule has 43 heavy (non-hydrogen) atoms. The molecule has 5 rings (SSSR count). The Bertz CT molecular complexity index is 1380. The average Bonchev–Trinajstić information content (AvgIpc) is 3.71. The van der Waals surface area contributed by atoms with Crippen molar-refractivity contribution in [1.29, 1.82) is 0 Å². The van der Waals surface area contributed by atoms with Crippen molar-refractivity contribution in [3.05, 3.63) is 95.6 Å². The van der Waals surface area contributed by atoms with Crippen molar-refractivity contribution in [2.75, 3.05) is 46.8 Å². The van der Waals surface area contributed by atoms with Crippen molar-refractivity contribution < 1.29 is 22.8 Å². The first kappa shape index (κ1) is 30.6. The lowest BCUT2D eigenvalue weighted by atomic mass is 10.0. The van der Waals surface area contributed by atoms with E-state index in [9.17, 15) is 22.8 Å². The number of rotatable bonds is 8. The van der Waals surface area contributed by atoms with Gasteiger partial charge in [0.15, 0.2) is 0 Å². The van der Waals surface area contributed by atoms with E-state index in [4.69, 9.17) is 0 Å². The lowest BCUT2D eigenvalue weighted by Crippen LogP contribution is -2.47. The highest BCUT2D eigenvalue weighted by atomic mass is 19.4. The van der Waals surface area contributed by atoms with Gasteiger partial charge in [-0.3, -0.25) is 4.79 Å². The first-order chi connectivity index (χ1) is 20.6. The molecule has 9 heteroatoms. The second-order valence-corrected chi connectivity index (χ2v) is 11.7. The highest BCUT2D eigenvalue weighted by Gasteiger charge is 2.36. The first-order valence-corrected chi connectivity index (χ1v) is 14.9. The third-order valence-corrected chi connectivity index (χ3v) is 8.86. The van der Waals surface area contributed by atoms with Crippen LogP contribution in [0.25, 0.3) is 11.1 Å². The molecule has 1 unspecified atom stereocenters. The third kappa shape index (κ3) is 7.39. The molecule has 2 aliphatic heterocycles. The molecule has 228 valence electrons. The summed E-state index contributed by atoms with van der Waals surface area (Å²) >= 11 is 0. The number of benzene rings is 3. The van der Waals surface area contributed by atoms with Crippen LogP contribution in [-0.4, -0.2) is 90.4 Å². The van der Waals surface area contributed by atoms with Crippen LogP contribution >= 0.6 is 0 Å². The fraction of sp³-hybridized carbons (Fsp3) is 0.412. The molecule has 0 spiro atoms. The number of nitrogens with zero attached hydrogens (tertiary/aromatic N) is 4. The van der Waals surface area contributed by atoms with E-state index < -0.39 is 11.7 Å². The molecule has 0 saturated carbocycles. The number of aryl methyl sites for hydroxylation is 1. The summed E-state index contributed by atoms with van der Waals surface area (Å²) in [7, 11) is 3.65. The van der Waals surface area contributed by atoms with Gasteiger partial charge in [-0.25, -0.2) is 4.79 Å².